The Balaban J connectivity index is 1.83. The van der Waals surface area contributed by atoms with Crippen molar-refractivity contribution in [2.24, 2.45) is 20.7 Å². The van der Waals surface area contributed by atoms with E-state index in [4.69, 9.17) is 9.97 Å². The molecule has 2 aliphatic rings. The summed E-state index contributed by atoms with van der Waals surface area (Å²) >= 11 is 0. The van der Waals surface area contributed by atoms with Gasteiger partial charge in [-0.2, -0.15) is 0 Å². The van der Waals surface area contributed by atoms with Crippen LogP contribution in [0.3, 0.4) is 0 Å². The molecule has 10 heteroatoms. The lowest BCUT2D eigenvalue weighted by Crippen LogP contribution is -2.26. The molecular weight excluding hydrogens is 334 g/mol. The van der Waals surface area contributed by atoms with E-state index in [2.05, 4.69) is 51.3 Å². The number of hydrogen-bond acceptors (Lipinski definition) is 9. The topological polar surface area (TPSA) is 117 Å². The largest absolute Gasteiger partial charge is 0.391 e. The van der Waals surface area contributed by atoms with Crippen molar-refractivity contribution in [3.8, 4) is 0 Å². The molecule has 2 aromatic heterocycles. The van der Waals surface area contributed by atoms with Crippen LogP contribution >= 0.6 is 0 Å². The molecule has 4 heterocycles. The molecule has 1 N–H and O–H groups in total. The van der Waals surface area contributed by atoms with Crippen LogP contribution in [-0.2, 0) is 12.0 Å². The summed E-state index contributed by atoms with van der Waals surface area (Å²) in [6, 6.07) is 0. The molecule has 1 saturated heterocycles. The molecule has 1 fully saturated rings. The molecule has 0 unspecified atom stereocenters. The van der Waals surface area contributed by atoms with Crippen LogP contribution in [0.25, 0.3) is 11.2 Å². The molecule has 4 rings (SSSR count). The summed E-state index contributed by atoms with van der Waals surface area (Å²) in [5, 5.41) is 25.4. The highest BCUT2D eigenvalue weighted by Crippen LogP contribution is 2.31. The Morgan fingerprint density at radius 3 is 2.58 bits per heavy atom. The fourth-order valence-electron chi connectivity index (χ4n) is 3.17. The van der Waals surface area contributed by atoms with Crippen LogP contribution < -0.4 is 4.90 Å². The maximum atomic E-state index is 9.93. The third-order valence-electron chi connectivity index (χ3n) is 4.61. The monoisotopic (exact) mass is 357 g/mol. The first-order chi connectivity index (χ1) is 12.3. The first-order valence-corrected chi connectivity index (χ1v) is 8.76. The van der Waals surface area contributed by atoms with Crippen molar-refractivity contribution >= 4 is 17.0 Å². The van der Waals surface area contributed by atoms with Gasteiger partial charge in [-0.25, -0.2) is 15.0 Å². The normalized spacial score (nSPS) is 22.0. The van der Waals surface area contributed by atoms with E-state index in [0.717, 1.165) is 35.8 Å². The first kappa shape index (κ1) is 17.0. The lowest BCUT2D eigenvalue weighted by atomic mass is 9.96. The van der Waals surface area contributed by atoms with Crippen molar-refractivity contribution in [3.63, 3.8) is 0 Å². The predicted octanol–water partition coefficient (Wildman–Crippen LogP) is 2.24. The predicted molar refractivity (Wildman–Crippen MR) is 95.0 cm³/mol. The molecule has 0 aromatic carbocycles. The molecule has 26 heavy (non-hydrogen) atoms. The van der Waals surface area contributed by atoms with Crippen molar-refractivity contribution in [2.75, 3.05) is 18.0 Å². The Morgan fingerprint density at radius 2 is 1.96 bits per heavy atom. The molecule has 2 aliphatic heterocycles. The molecule has 10 nitrogen and oxygen atoms in total. The van der Waals surface area contributed by atoms with Gasteiger partial charge < -0.3 is 14.6 Å². The van der Waals surface area contributed by atoms with Gasteiger partial charge in [0, 0.05) is 18.5 Å². The number of anilines is 1. The number of fused-ring (bicyclic) bond motifs is 1. The average Bonchev–Trinajstić information content (AvgIpc) is 3.27. The van der Waals surface area contributed by atoms with E-state index in [1.54, 1.807) is 6.33 Å². The summed E-state index contributed by atoms with van der Waals surface area (Å²) in [6.45, 7) is 9.86. The molecule has 138 valence electrons. The summed E-state index contributed by atoms with van der Waals surface area (Å²) in [6.07, 6.45) is 2.13. The lowest BCUT2D eigenvalue weighted by molar-refractivity contribution is 0.198. The maximum absolute atomic E-state index is 9.93. The van der Waals surface area contributed by atoms with Crippen LogP contribution in [0.5, 0.6) is 0 Å². The van der Waals surface area contributed by atoms with Crippen LogP contribution in [0.2, 0.25) is 0 Å². The molecule has 1 atom stereocenters. The number of imidazole rings is 1. The number of β-amino-alcohol motifs (C(OH)–C–C–N with tert-alkyl or cyclic N) is 1. The van der Waals surface area contributed by atoms with Gasteiger partial charge in [0.15, 0.2) is 17.0 Å². The van der Waals surface area contributed by atoms with Crippen molar-refractivity contribution < 1.29 is 5.11 Å². The van der Waals surface area contributed by atoms with Crippen LogP contribution in [0.15, 0.2) is 27.0 Å². The fourth-order valence-corrected chi connectivity index (χ4v) is 3.17. The van der Waals surface area contributed by atoms with Crippen molar-refractivity contribution in [2.45, 2.75) is 57.8 Å². The number of aliphatic hydroxyl groups excluding tert-OH is 1. The summed E-state index contributed by atoms with van der Waals surface area (Å²) < 4.78 is 1.92. The third kappa shape index (κ3) is 2.94. The van der Waals surface area contributed by atoms with Gasteiger partial charge in [0.05, 0.1) is 19.0 Å². The molecule has 0 amide bonds. The van der Waals surface area contributed by atoms with Gasteiger partial charge >= 0.3 is 0 Å². The Labute approximate surface area is 151 Å². The van der Waals surface area contributed by atoms with Gasteiger partial charge in [-0.05, 0) is 23.8 Å². The fraction of sp³-hybridized carbons (Fsp3) is 0.688. The standard InChI is InChI=1S/C16H23N9O/c1-15(2,3)14-18-12(24-6-5-10(26)7-24)11-13(19-14)25(9-17-11)8-16(4)20-22-23-21-16/h9-10,26H,5-8H2,1-4H3/t10-/m0/s1. The average molecular weight is 357 g/mol. The van der Waals surface area contributed by atoms with E-state index >= 15 is 0 Å². The van der Waals surface area contributed by atoms with E-state index in [1.807, 2.05) is 11.5 Å². The quantitative estimate of drug-likeness (QED) is 0.904. The van der Waals surface area contributed by atoms with E-state index in [0.29, 0.717) is 13.1 Å². The molecule has 2 aromatic rings. The highest BCUT2D eigenvalue weighted by Gasteiger charge is 2.31. The number of aliphatic hydroxyl groups is 1. The Kier molecular flexibility index (Phi) is 3.76. The number of rotatable bonds is 3. The van der Waals surface area contributed by atoms with Crippen LogP contribution in [0.1, 0.15) is 39.9 Å². The minimum absolute atomic E-state index is 0.215. The lowest BCUT2D eigenvalue weighted by Gasteiger charge is -2.22. The second kappa shape index (κ2) is 5.76. The minimum atomic E-state index is -0.746. The van der Waals surface area contributed by atoms with E-state index in [9.17, 15) is 5.11 Å². The van der Waals surface area contributed by atoms with Crippen LogP contribution in [0, 0.1) is 0 Å². The summed E-state index contributed by atoms with van der Waals surface area (Å²) in [5.74, 6) is 1.51. The summed E-state index contributed by atoms with van der Waals surface area (Å²) in [7, 11) is 0. The van der Waals surface area contributed by atoms with Gasteiger partial charge in [0.1, 0.15) is 5.82 Å². The van der Waals surface area contributed by atoms with E-state index in [1.165, 1.54) is 0 Å². The van der Waals surface area contributed by atoms with Gasteiger partial charge in [-0.15, -0.1) is 10.2 Å². The zero-order chi connectivity index (χ0) is 18.5. The van der Waals surface area contributed by atoms with E-state index < -0.39 is 5.66 Å². The van der Waals surface area contributed by atoms with Gasteiger partial charge in [0.2, 0.25) is 5.66 Å². The summed E-state index contributed by atoms with van der Waals surface area (Å²) in [5.41, 5.74) is 0.500. The molecular formula is C16H23N9O. The van der Waals surface area contributed by atoms with Gasteiger partial charge in [-0.1, -0.05) is 20.8 Å². The first-order valence-electron chi connectivity index (χ1n) is 8.76. The van der Waals surface area contributed by atoms with Crippen LogP contribution in [-0.4, -0.2) is 49.5 Å². The zero-order valence-electron chi connectivity index (χ0n) is 15.5. The Bertz CT molecular complexity index is 883. The second-order valence-corrected chi connectivity index (χ2v) is 8.15. The van der Waals surface area contributed by atoms with Gasteiger partial charge in [0.25, 0.3) is 0 Å². The second-order valence-electron chi connectivity index (χ2n) is 8.15. The number of aromatic nitrogens is 4. The smallest absolute Gasteiger partial charge is 0.210 e. The molecule has 0 radical (unpaired) electrons. The van der Waals surface area contributed by atoms with Crippen molar-refractivity contribution in [3.05, 3.63) is 12.2 Å². The molecule has 0 spiro atoms. The molecule has 0 bridgehead atoms. The SMILES string of the molecule is CC1(Cn2cnc3c(N4CC[C@H](O)C4)nc(C(C)(C)C)nc32)N=NN=N1. The highest BCUT2D eigenvalue weighted by atomic mass is 16.3. The van der Waals surface area contributed by atoms with E-state index in [-0.39, 0.29) is 11.5 Å². The Morgan fingerprint density at radius 1 is 1.23 bits per heavy atom. The maximum Gasteiger partial charge on any atom is 0.210 e. The number of nitrogens with zero attached hydrogens (tertiary/aromatic N) is 9. The third-order valence-corrected chi connectivity index (χ3v) is 4.61. The Hall–Kier alpha value is -2.49. The zero-order valence-corrected chi connectivity index (χ0v) is 15.5. The molecule has 0 aliphatic carbocycles. The van der Waals surface area contributed by atoms with Crippen molar-refractivity contribution in [1.82, 2.24) is 19.5 Å². The van der Waals surface area contributed by atoms with Crippen molar-refractivity contribution in [1.29, 1.82) is 0 Å². The van der Waals surface area contributed by atoms with Crippen LogP contribution in [0.4, 0.5) is 5.82 Å². The highest BCUT2D eigenvalue weighted by molar-refractivity contribution is 5.84. The number of hydrogen-bond donors (Lipinski definition) is 1. The van der Waals surface area contributed by atoms with Gasteiger partial charge in [-0.3, -0.25) is 0 Å². The summed E-state index contributed by atoms with van der Waals surface area (Å²) in [4.78, 5) is 16.2. The molecule has 0 saturated carbocycles. The minimum Gasteiger partial charge on any atom is -0.391 e.